The molecule has 0 unspecified atom stereocenters. The van der Waals surface area contributed by atoms with Crippen molar-refractivity contribution in [2.24, 2.45) is 0 Å². The van der Waals surface area contributed by atoms with Crippen LogP contribution in [0.1, 0.15) is 19.3 Å². The van der Waals surface area contributed by atoms with Crippen LogP contribution in [-0.4, -0.2) is 16.4 Å². The van der Waals surface area contributed by atoms with Gasteiger partial charge in [-0.25, -0.2) is 9.37 Å². The van der Waals surface area contributed by atoms with E-state index in [-0.39, 0.29) is 11.4 Å². The summed E-state index contributed by atoms with van der Waals surface area (Å²) in [6.45, 7) is 0. The number of halogens is 2. The molecule has 2 rings (SSSR count). The number of anilines is 1. The Labute approximate surface area is 87.5 Å². The van der Waals surface area contributed by atoms with Gasteiger partial charge in [-0.15, -0.1) is 11.6 Å². The summed E-state index contributed by atoms with van der Waals surface area (Å²) in [4.78, 5) is 3.95. The van der Waals surface area contributed by atoms with Gasteiger partial charge in [-0.3, -0.25) is 0 Å². The highest BCUT2D eigenvalue weighted by molar-refractivity contribution is 6.19. The molecule has 1 aromatic heterocycles. The zero-order valence-corrected chi connectivity index (χ0v) is 8.52. The van der Waals surface area contributed by atoms with E-state index < -0.39 is 0 Å². The molecule has 1 heterocycles. The van der Waals surface area contributed by atoms with Crippen LogP contribution in [0.15, 0.2) is 18.3 Å². The Hall–Kier alpha value is -0.830. The summed E-state index contributed by atoms with van der Waals surface area (Å²) in [5, 5.41) is 3.09. The topological polar surface area (TPSA) is 24.9 Å². The first-order valence-corrected chi connectivity index (χ1v) is 5.24. The number of hydrogen-bond acceptors (Lipinski definition) is 2. The Balaban J connectivity index is 2.13. The number of hydrogen-bond donors (Lipinski definition) is 1. The largest absolute Gasteiger partial charge is 0.361 e. The first kappa shape index (κ1) is 9.71. The van der Waals surface area contributed by atoms with Gasteiger partial charge in [0.05, 0.1) is 5.54 Å². The molecule has 0 aliphatic heterocycles. The first-order chi connectivity index (χ1) is 6.76. The maximum atomic E-state index is 13.2. The van der Waals surface area contributed by atoms with Crippen molar-refractivity contribution in [1.29, 1.82) is 0 Å². The third-order valence-electron chi connectivity index (χ3n) is 2.71. The minimum Gasteiger partial charge on any atom is -0.361 e. The lowest BCUT2D eigenvalue weighted by Crippen LogP contribution is -2.47. The second-order valence-electron chi connectivity index (χ2n) is 3.73. The Kier molecular flexibility index (Phi) is 2.59. The zero-order chi connectivity index (χ0) is 10.0. The average molecular weight is 215 g/mol. The van der Waals surface area contributed by atoms with E-state index in [2.05, 4.69) is 10.3 Å². The molecule has 0 aromatic carbocycles. The van der Waals surface area contributed by atoms with Gasteiger partial charge < -0.3 is 5.32 Å². The van der Waals surface area contributed by atoms with E-state index in [1.165, 1.54) is 6.07 Å². The predicted octanol–water partition coefficient (Wildman–Crippen LogP) is 2.79. The van der Waals surface area contributed by atoms with Crippen LogP contribution in [0.5, 0.6) is 0 Å². The van der Waals surface area contributed by atoms with Crippen LogP contribution in [0, 0.1) is 5.82 Å². The van der Waals surface area contributed by atoms with Gasteiger partial charge in [-0.05, 0) is 31.4 Å². The molecule has 76 valence electrons. The number of alkyl halides is 1. The number of pyridine rings is 1. The SMILES string of the molecule is Fc1cccnc1NC1(CCl)CCC1. The highest BCUT2D eigenvalue weighted by atomic mass is 35.5. The van der Waals surface area contributed by atoms with Crippen molar-refractivity contribution in [3.05, 3.63) is 24.1 Å². The molecule has 0 saturated heterocycles. The molecule has 0 bridgehead atoms. The van der Waals surface area contributed by atoms with Crippen molar-refractivity contribution in [1.82, 2.24) is 4.98 Å². The van der Waals surface area contributed by atoms with Crippen LogP contribution in [0.4, 0.5) is 10.2 Å². The summed E-state index contributed by atoms with van der Waals surface area (Å²) < 4.78 is 13.2. The van der Waals surface area contributed by atoms with Gasteiger partial charge in [-0.1, -0.05) is 0 Å². The summed E-state index contributed by atoms with van der Waals surface area (Å²) in [7, 11) is 0. The molecule has 1 fully saturated rings. The van der Waals surface area contributed by atoms with Gasteiger partial charge >= 0.3 is 0 Å². The summed E-state index contributed by atoms with van der Waals surface area (Å²) in [5.41, 5.74) is -0.128. The zero-order valence-electron chi connectivity index (χ0n) is 7.76. The van der Waals surface area contributed by atoms with Gasteiger partial charge in [0.15, 0.2) is 11.6 Å². The number of nitrogens with one attached hydrogen (secondary N) is 1. The maximum absolute atomic E-state index is 13.2. The quantitative estimate of drug-likeness (QED) is 0.783. The standard InChI is InChI=1S/C10H12ClFN2/c11-7-10(4-2-5-10)14-9-8(12)3-1-6-13-9/h1,3,6H,2,4-5,7H2,(H,13,14). The summed E-state index contributed by atoms with van der Waals surface area (Å²) in [6.07, 6.45) is 4.71. The number of nitrogens with zero attached hydrogens (tertiary/aromatic N) is 1. The normalized spacial score (nSPS) is 18.7. The Morgan fingerprint density at radius 1 is 1.57 bits per heavy atom. The van der Waals surface area contributed by atoms with Crippen LogP contribution in [0.25, 0.3) is 0 Å². The van der Waals surface area contributed by atoms with E-state index >= 15 is 0 Å². The molecule has 4 heteroatoms. The third-order valence-corrected chi connectivity index (χ3v) is 3.22. The number of rotatable bonds is 3. The highest BCUT2D eigenvalue weighted by Crippen LogP contribution is 2.36. The average Bonchev–Trinajstić information content (AvgIpc) is 2.14. The van der Waals surface area contributed by atoms with E-state index in [9.17, 15) is 4.39 Å². The second kappa shape index (κ2) is 3.73. The molecule has 0 atom stereocenters. The van der Waals surface area contributed by atoms with E-state index in [0.29, 0.717) is 11.7 Å². The molecule has 0 radical (unpaired) electrons. The molecule has 1 N–H and O–H groups in total. The lowest BCUT2D eigenvalue weighted by Gasteiger charge is -2.41. The van der Waals surface area contributed by atoms with Gasteiger partial charge in [0.2, 0.25) is 0 Å². The van der Waals surface area contributed by atoms with Gasteiger partial charge in [0, 0.05) is 12.1 Å². The van der Waals surface area contributed by atoms with Gasteiger partial charge in [0.1, 0.15) is 0 Å². The van der Waals surface area contributed by atoms with Crippen molar-refractivity contribution in [2.75, 3.05) is 11.2 Å². The molecule has 2 nitrogen and oxygen atoms in total. The summed E-state index contributed by atoms with van der Waals surface area (Å²) in [6, 6.07) is 2.98. The molecule has 14 heavy (non-hydrogen) atoms. The van der Waals surface area contributed by atoms with Crippen molar-refractivity contribution in [2.45, 2.75) is 24.8 Å². The van der Waals surface area contributed by atoms with Crippen molar-refractivity contribution in [3.63, 3.8) is 0 Å². The molecule has 0 amide bonds. The lowest BCUT2D eigenvalue weighted by atomic mass is 9.78. The van der Waals surface area contributed by atoms with E-state index in [4.69, 9.17) is 11.6 Å². The van der Waals surface area contributed by atoms with Crippen molar-refractivity contribution >= 4 is 17.4 Å². The summed E-state index contributed by atoms with van der Waals surface area (Å²) in [5.74, 6) is 0.500. The molecule has 1 saturated carbocycles. The van der Waals surface area contributed by atoms with Crippen LogP contribution < -0.4 is 5.32 Å². The smallest absolute Gasteiger partial charge is 0.165 e. The molecule has 1 aliphatic rings. The van der Waals surface area contributed by atoms with E-state index in [1.54, 1.807) is 12.3 Å². The third kappa shape index (κ3) is 1.69. The van der Waals surface area contributed by atoms with Crippen LogP contribution >= 0.6 is 11.6 Å². The first-order valence-electron chi connectivity index (χ1n) is 4.70. The maximum Gasteiger partial charge on any atom is 0.165 e. The summed E-state index contributed by atoms with van der Waals surface area (Å²) >= 11 is 5.85. The van der Waals surface area contributed by atoms with Gasteiger partial charge in [-0.2, -0.15) is 0 Å². The van der Waals surface area contributed by atoms with Crippen molar-refractivity contribution in [3.8, 4) is 0 Å². The molecule has 1 aromatic rings. The van der Waals surface area contributed by atoms with Gasteiger partial charge in [0.25, 0.3) is 0 Å². The van der Waals surface area contributed by atoms with Crippen LogP contribution in [-0.2, 0) is 0 Å². The lowest BCUT2D eigenvalue weighted by molar-refractivity contribution is 0.309. The fraction of sp³-hybridized carbons (Fsp3) is 0.500. The fourth-order valence-electron chi connectivity index (χ4n) is 1.62. The van der Waals surface area contributed by atoms with E-state index in [0.717, 1.165) is 19.3 Å². The molecule has 1 aliphatic carbocycles. The van der Waals surface area contributed by atoms with Crippen LogP contribution in [0.2, 0.25) is 0 Å². The van der Waals surface area contributed by atoms with E-state index in [1.807, 2.05) is 0 Å². The molecular weight excluding hydrogens is 203 g/mol. The van der Waals surface area contributed by atoms with Crippen molar-refractivity contribution < 1.29 is 4.39 Å². The molecule has 0 spiro atoms. The minimum atomic E-state index is -0.316. The highest BCUT2D eigenvalue weighted by Gasteiger charge is 2.36. The Bertz CT molecular complexity index is 320. The minimum absolute atomic E-state index is 0.128. The molecular formula is C10H12ClFN2. The fourth-order valence-corrected chi connectivity index (χ4v) is 1.96. The predicted molar refractivity (Wildman–Crippen MR) is 55.1 cm³/mol. The Morgan fingerprint density at radius 3 is 2.86 bits per heavy atom. The van der Waals surface area contributed by atoms with Crippen LogP contribution in [0.3, 0.4) is 0 Å². The Morgan fingerprint density at radius 2 is 2.36 bits per heavy atom. The second-order valence-corrected chi connectivity index (χ2v) is 3.99. The number of aromatic nitrogens is 1. The monoisotopic (exact) mass is 214 g/mol.